The van der Waals surface area contributed by atoms with Crippen molar-refractivity contribution in [1.29, 1.82) is 0 Å². The molecule has 7 nitrogen and oxygen atoms in total. The van der Waals surface area contributed by atoms with Crippen LogP contribution in [0, 0.1) is 6.92 Å². The van der Waals surface area contributed by atoms with Gasteiger partial charge in [-0.25, -0.2) is 0 Å². The number of hydrogen-bond donors (Lipinski definition) is 2. The van der Waals surface area contributed by atoms with E-state index in [0.717, 1.165) is 17.5 Å². The van der Waals surface area contributed by atoms with E-state index in [9.17, 15) is 14.4 Å². The van der Waals surface area contributed by atoms with Crippen LogP contribution in [0.2, 0.25) is 0 Å². The Bertz CT molecular complexity index is 904. The van der Waals surface area contributed by atoms with Crippen LogP contribution in [0.5, 0.6) is 0 Å². The molecule has 2 aromatic rings. The second kappa shape index (κ2) is 10.0. The first-order chi connectivity index (χ1) is 14.5. The number of aryl methyl sites for hydroxylation is 1. The molecule has 2 amide bonds. The lowest BCUT2D eigenvalue weighted by Crippen LogP contribution is -2.31. The van der Waals surface area contributed by atoms with Crippen molar-refractivity contribution in [2.75, 3.05) is 19.0 Å². The Balaban J connectivity index is 1.72. The van der Waals surface area contributed by atoms with E-state index in [4.69, 9.17) is 9.47 Å². The number of ether oxygens (including phenoxy) is 2. The van der Waals surface area contributed by atoms with Crippen molar-refractivity contribution in [3.8, 4) is 0 Å². The average Bonchev–Trinajstić information content (AvgIpc) is 3.29. The van der Waals surface area contributed by atoms with E-state index >= 15 is 0 Å². The summed E-state index contributed by atoms with van der Waals surface area (Å²) in [6.07, 6.45) is 1.12. The van der Waals surface area contributed by atoms with Gasteiger partial charge in [0.1, 0.15) is 6.10 Å². The van der Waals surface area contributed by atoms with Crippen molar-refractivity contribution >= 4 is 23.5 Å². The summed E-state index contributed by atoms with van der Waals surface area (Å²) in [5, 5.41) is 5.69. The number of hydrogen-bond acceptors (Lipinski definition) is 5. The highest BCUT2D eigenvalue weighted by molar-refractivity contribution is 5.98. The summed E-state index contributed by atoms with van der Waals surface area (Å²) in [4.78, 5) is 37.0. The first-order valence-corrected chi connectivity index (χ1v) is 9.93. The van der Waals surface area contributed by atoms with E-state index in [1.807, 2.05) is 31.2 Å². The molecule has 1 saturated heterocycles. The van der Waals surface area contributed by atoms with Gasteiger partial charge in [-0.2, -0.15) is 0 Å². The smallest absolute Gasteiger partial charge is 0.307 e. The van der Waals surface area contributed by atoms with E-state index in [1.54, 1.807) is 24.3 Å². The van der Waals surface area contributed by atoms with Crippen LogP contribution in [0.25, 0.3) is 0 Å². The van der Waals surface area contributed by atoms with Crippen LogP contribution in [-0.4, -0.2) is 37.6 Å². The van der Waals surface area contributed by atoms with Crippen molar-refractivity contribution in [2.45, 2.75) is 38.3 Å². The van der Waals surface area contributed by atoms with E-state index in [1.165, 1.54) is 7.11 Å². The van der Waals surface area contributed by atoms with Crippen LogP contribution in [-0.2, 0) is 19.1 Å². The third-order valence-corrected chi connectivity index (χ3v) is 5.00. The molecule has 1 fully saturated rings. The zero-order chi connectivity index (χ0) is 21.5. The number of carbonyl (C=O) groups is 3. The Morgan fingerprint density at radius 1 is 1.17 bits per heavy atom. The number of nitrogens with one attached hydrogen (secondary N) is 2. The molecule has 0 radical (unpaired) electrons. The van der Waals surface area contributed by atoms with E-state index in [2.05, 4.69) is 10.6 Å². The summed E-state index contributed by atoms with van der Waals surface area (Å²) in [7, 11) is 1.32. The third kappa shape index (κ3) is 5.67. The SMILES string of the molecule is COC(=O)CC(NC(=O)c1cccc(NC(=O)C2CCCO2)c1)c1ccc(C)cc1. The van der Waals surface area contributed by atoms with Crippen molar-refractivity contribution in [3.63, 3.8) is 0 Å². The van der Waals surface area contributed by atoms with Gasteiger partial charge in [0.25, 0.3) is 11.8 Å². The number of carbonyl (C=O) groups excluding carboxylic acids is 3. The van der Waals surface area contributed by atoms with Crippen LogP contribution in [0.15, 0.2) is 48.5 Å². The van der Waals surface area contributed by atoms with Gasteiger partial charge in [-0.3, -0.25) is 14.4 Å². The molecule has 2 aromatic carbocycles. The minimum atomic E-state index is -0.532. The summed E-state index contributed by atoms with van der Waals surface area (Å²) in [6.45, 7) is 2.55. The summed E-state index contributed by atoms with van der Waals surface area (Å²) in [5.74, 6) is -0.982. The standard InChI is InChI=1S/C23H26N2O5/c1-15-8-10-16(11-9-15)19(14-21(26)29-2)25-22(27)17-5-3-6-18(13-17)24-23(28)20-7-4-12-30-20/h3,5-6,8-11,13,19-20H,4,7,12,14H2,1-2H3,(H,24,28)(H,25,27). The van der Waals surface area contributed by atoms with Gasteiger partial charge in [0, 0.05) is 17.9 Å². The monoisotopic (exact) mass is 410 g/mol. The highest BCUT2D eigenvalue weighted by Crippen LogP contribution is 2.20. The third-order valence-electron chi connectivity index (χ3n) is 5.00. The normalized spacial score (nSPS) is 16.5. The molecule has 1 aliphatic heterocycles. The Morgan fingerprint density at radius 3 is 2.60 bits per heavy atom. The fourth-order valence-corrected chi connectivity index (χ4v) is 3.29. The lowest BCUT2D eigenvalue weighted by atomic mass is 10.0. The zero-order valence-corrected chi connectivity index (χ0v) is 17.1. The molecule has 3 rings (SSSR count). The second-order valence-corrected chi connectivity index (χ2v) is 7.29. The molecule has 0 saturated carbocycles. The van der Waals surface area contributed by atoms with Crippen LogP contribution in [0.3, 0.4) is 0 Å². The molecule has 0 aliphatic carbocycles. The van der Waals surface area contributed by atoms with E-state index in [0.29, 0.717) is 24.3 Å². The molecule has 0 bridgehead atoms. The summed E-state index contributed by atoms with van der Waals surface area (Å²) in [5.41, 5.74) is 2.78. The lowest BCUT2D eigenvalue weighted by Gasteiger charge is -2.19. The fourth-order valence-electron chi connectivity index (χ4n) is 3.29. The molecule has 0 aromatic heterocycles. The molecule has 158 valence electrons. The Hall–Kier alpha value is -3.19. The minimum absolute atomic E-state index is 0.0146. The van der Waals surface area contributed by atoms with Crippen LogP contribution in [0.1, 0.15) is 46.8 Å². The maximum Gasteiger partial charge on any atom is 0.307 e. The summed E-state index contributed by atoms with van der Waals surface area (Å²) < 4.78 is 10.2. The van der Waals surface area contributed by atoms with Gasteiger partial charge in [-0.1, -0.05) is 35.9 Å². The highest BCUT2D eigenvalue weighted by Gasteiger charge is 2.24. The van der Waals surface area contributed by atoms with Crippen molar-refractivity contribution in [2.24, 2.45) is 0 Å². The predicted molar refractivity (Wildman–Crippen MR) is 112 cm³/mol. The van der Waals surface area contributed by atoms with E-state index < -0.39 is 18.1 Å². The molecular formula is C23H26N2O5. The second-order valence-electron chi connectivity index (χ2n) is 7.29. The summed E-state index contributed by atoms with van der Waals surface area (Å²) >= 11 is 0. The largest absolute Gasteiger partial charge is 0.469 e. The first-order valence-electron chi connectivity index (χ1n) is 9.93. The van der Waals surface area contributed by atoms with Gasteiger partial charge in [-0.05, 0) is 43.5 Å². The number of methoxy groups -OCH3 is 1. The maximum atomic E-state index is 12.9. The first kappa shape index (κ1) is 21.5. The zero-order valence-electron chi connectivity index (χ0n) is 17.1. The molecule has 0 spiro atoms. The molecule has 2 unspecified atom stereocenters. The Kier molecular flexibility index (Phi) is 7.19. The summed E-state index contributed by atoms with van der Waals surface area (Å²) in [6, 6.07) is 13.7. The fraction of sp³-hybridized carbons (Fsp3) is 0.348. The molecule has 1 heterocycles. The van der Waals surface area contributed by atoms with Crippen LogP contribution in [0.4, 0.5) is 5.69 Å². The van der Waals surface area contributed by atoms with E-state index in [-0.39, 0.29) is 18.2 Å². The number of anilines is 1. The lowest BCUT2D eigenvalue weighted by molar-refractivity contribution is -0.141. The van der Waals surface area contributed by atoms with Gasteiger partial charge >= 0.3 is 5.97 Å². The molecular weight excluding hydrogens is 384 g/mol. The molecule has 1 aliphatic rings. The molecule has 30 heavy (non-hydrogen) atoms. The van der Waals surface area contributed by atoms with Crippen molar-refractivity contribution in [3.05, 3.63) is 65.2 Å². The number of rotatable bonds is 7. The topological polar surface area (TPSA) is 93.7 Å². The molecule has 7 heteroatoms. The van der Waals surface area contributed by atoms with Crippen LogP contribution >= 0.6 is 0 Å². The van der Waals surface area contributed by atoms with Crippen LogP contribution < -0.4 is 10.6 Å². The maximum absolute atomic E-state index is 12.9. The molecule has 2 atom stereocenters. The van der Waals surface area contributed by atoms with Gasteiger partial charge in [0.15, 0.2) is 0 Å². The number of benzene rings is 2. The number of amides is 2. The Labute approximate surface area is 175 Å². The Morgan fingerprint density at radius 2 is 1.93 bits per heavy atom. The quantitative estimate of drug-likeness (QED) is 0.684. The predicted octanol–water partition coefficient (Wildman–Crippen LogP) is 3.15. The molecule has 2 N–H and O–H groups in total. The highest BCUT2D eigenvalue weighted by atomic mass is 16.5. The van der Waals surface area contributed by atoms with Gasteiger partial charge < -0.3 is 20.1 Å². The van der Waals surface area contributed by atoms with Gasteiger partial charge in [0.2, 0.25) is 0 Å². The average molecular weight is 410 g/mol. The minimum Gasteiger partial charge on any atom is -0.469 e. The van der Waals surface area contributed by atoms with Gasteiger partial charge in [-0.15, -0.1) is 0 Å². The van der Waals surface area contributed by atoms with Crippen molar-refractivity contribution < 1.29 is 23.9 Å². The number of esters is 1. The van der Waals surface area contributed by atoms with Gasteiger partial charge in [0.05, 0.1) is 19.6 Å². The van der Waals surface area contributed by atoms with Crippen molar-refractivity contribution in [1.82, 2.24) is 5.32 Å².